The lowest BCUT2D eigenvalue weighted by atomic mass is 9.81. The van der Waals surface area contributed by atoms with Gasteiger partial charge in [-0.05, 0) is 43.2 Å². The number of nitrogens with two attached hydrogens (primary N) is 1. The number of anilines is 3. The second kappa shape index (κ2) is 6.79. The first-order chi connectivity index (χ1) is 14.1. The molecule has 0 radical (unpaired) electrons. The molecule has 0 saturated carbocycles. The molecule has 3 aromatic rings. The molecule has 152 valence electrons. The van der Waals surface area contributed by atoms with Crippen molar-refractivity contribution >= 4 is 38.7 Å². The standard InChI is InChI=1S/C22H18N2O5S/c1-11-7-8-15(17(9-11)30(27,28)29)24-16-10-12(2)20(23)19-18(16)21(25)13-5-3-4-6-14(13)22(19)26/h3-10,24H,23H2,1-2H3,(H,27,28,29)/p-1. The summed E-state index contributed by atoms with van der Waals surface area (Å²) in [6, 6.07) is 12.3. The fourth-order valence-corrected chi connectivity index (χ4v) is 4.36. The van der Waals surface area contributed by atoms with Gasteiger partial charge >= 0.3 is 0 Å². The van der Waals surface area contributed by atoms with E-state index in [1.807, 2.05) is 0 Å². The Morgan fingerprint density at radius 3 is 2.07 bits per heavy atom. The molecule has 0 aliphatic heterocycles. The van der Waals surface area contributed by atoms with Gasteiger partial charge in [0.05, 0.1) is 27.4 Å². The second-order valence-corrected chi connectivity index (χ2v) is 8.54. The van der Waals surface area contributed by atoms with Crippen molar-refractivity contribution < 1.29 is 22.6 Å². The molecule has 1 aliphatic carbocycles. The molecule has 7 nitrogen and oxygen atoms in total. The lowest BCUT2D eigenvalue weighted by Crippen LogP contribution is -2.24. The molecule has 30 heavy (non-hydrogen) atoms. The zero-order valence-electron chi connectivity index (χ0n) is 16.1. The number of nitrogen functional groups attached to an aromatic ring is 1. The summed E-state index contributed by atoms with van der Waals surface area (Å²) in [6.07, 6.45) is 0. The van der Waals surface area contributed by atoms with E-state index in [0.717, 1.165) is 0 Å². The Labute approximate surface area is 173 Å². The highest BCUT2D eigenvalue weighted by atomic mass is 32.2. The predicted molar refractivity (Wildman–Crippen MR) is 111 cm³/mol. The van der Waals surface area contributed by atoms with Gasteiger partial charge in [0, 0.05) is 16.8 Å². The van der Waals surface area contributed by atoms with Gasteiger partial charge in [0.1, 0.15) is 10.1 Å². The SMILES string of the molecule is Cc1ccc(Nc2cc(C)c(N)c3c2C(=O)c2ccccc2C3=O)c(S(=O)(=O)[O-])c1. The van der Waals surface area contributed by atoms with Gasteiger partial charge in [-0.25, -0.2) is 8.42 Å². The molecule has 0 fully saturated rings. The molecule has 0 heterocycles. The van der Waals surface area contributed by atoms with E-state index in [1.54, 1.807) is 50.2 Å². The zero-order chi connectivity index (χ0) is 21.8. The second-order valence-electron chi connectivity index (χ2n) is 7.19. The lowest BCUT2D eigenvalue weighted by Gasteiger charge is -2.24. The maximum absolute atomic E-state index is 13.2. The van der Waals surface area contributed by atoms with Gasteiger partial charge in [-0.2, -0.15) is 0 Å². The summed E-state index contributed by atoms with van der Waals surface area (Å²) in [7, 11) is -4.78. The van der Waals surface area contributed by atoms with Crippen molar-refractivity contribution in [2.24, 2.45) is 0 Å². The number of ketones is 2. The van der Waals surface area contributed by atoms with Crippen molar-refractivity contribution in [3.05, 3.63) is 81.9 Å². The number of aryl methyl sites for hydroxylation is 2. The maximum atomic E-state index is 13.2. The zero-order valence-corrected chi connectivity index (χ0v) is 17.0. The average molecular weight is 421 g/mol. The summed E-state index contributed by atoms with van der Waals surface area (Å²) in [4.78, 5) is 25.9. The van der Waals surface area contributed by atoms with Gasteiger partial charge < -0.3 is 15.6 Å². The van der Waals surface area contributed by atoms with Gasteiger partial charge in [0.25, 0.3) is 0 Å². The number of fused-ring (bicyclic) bond motifs is 2. The molecule has 0 aromatic heterocycles. The molecule has 0 spiro atoms. The number of carbonyl (C=O) groups excluding carboxylic acids is 2. The Kier molecular flexibility index (Phi) is 4.48. The van der Waals surface area contributed by atoms with E-state index in [0.29, 0.717) is 11.1 Å². The highest BCUT2D eigenvalue weighted by Gasteiger charge is 2.34. The normalized spacial score (nSPS) is 13.0. The molecular formula is C22H17N2O5S-. The van der Waals surface area contributed by atoms with Crippen LogP contribution in [0.2, 0.25) is 0 Å². The van der Waals surface area contributed by atoms with Gasteiger partial charge in [-0.3, -0.25) is 9.59 Å². The van der Waals surface area contributed by atoms with E-state index in [-0.39, 0.29) is 45.1 Å². The molecule has 3 N–H and O–H groups in total. The smallest absolute Gasteiger partial charge is 0.196 e. The molecule has 1 aliphatic rings. The predicted octanol–water partition coefficient (Wildman–Crippen LogP) is 3.31. The lowest BCUT2D eigenvalue weighted by molar-refractivity contribution is 0.0980. The van der Waals surface area contributed by atoms with Crippen LogP contribution >= 0.6 is 0 Å². The van der Waals surface area contributed by atoms with Crippen LogP contribution in [0.25, 0.3) is 0 Å². The van der Waals surface area contributed by atoms with E-state index < -0.39 is 20.8 Å². The fraction of sp³-hybridized carbons (Fsp3) is 0.0909. The monoisotopic (exact) mass is 421 g/mol. The van der Waals surface area contributed by atoms with Crippen LogP contribution in [-0.2, 0) is 10.1 Å². The van der Waals surface area contributed by atoms with Crippen LogP contribution in [0, 0.1) is 13.8 Å². The minimum Gasteiger partial charge on any atom is -0.744 e. The molecule has 0 atom stereocenters. The van der Waals surface area contributed by atoms with Crippen LogP contribution in [0.1, 0.15) is 43.0 Å². The fourth-order valence-electron chi connectivity index (χ4n) is 3.64. The third-order valence-corrected chi connectivity index (χ3v) is 6.00. The number of hydrogen-bond acceptors (Lipinski definition) is 7. The molecule has 3 aromatic carbocycles. The van der Waals surface area contributed by atoms with Gasteiger partial charge in [0.15, 0.2) is 11.6 Å². The summed E-state index contributed by atoms with van der Waals surface area (Å²) in [5.74, 6) is -0.793. The molecular weight excluding hydrogens is 404 g/mol. The summed E-state index contributed by atoms with van der Waals surface area (Å²) in [5, 5.41) is 2.88. The maximum Gasteiger partial charge on any atom is 0.196 e. The van der Waals surface area contributed by atoms with E-state index in [2.05, 4.69) is 5.32 Å². The van der Waals surface area contributed by atoms with Crippen LogP contribution in [-0.4, -0.2) is 24.5 Å². The van der Waals surface area contributed by atoms with Gasteiger partial charge in [0.2, 0.25) is 0 Å². The van der Waals surface area contributed by atoms with Gasteiger partial charge in [-0.15, -0.1) is 0 Å². The Morgan fingerprint density at radius 1 is 0.867 bits per heavy atom. The average Bonchev–Trinajstić information content (AvgIpc) is 2.69. The van der Waals surface area contributed by atoms with Crippen LogP contribution in [0.3, 0.4) is 0 Å². The molecule has 4 rings (SSSR count). The molecule has 0 unspecified atom stereocenters. The molecule has 0 saturated heterocycles. The van der Waals surface area contributed by atoms with Crippen molar-refractivity contribution in [1.29, 1.82) is 0 Å². The summed E-state index contributed by atoms with van der Waals surface area (Å²) < 4.78 is 35.2. The topological polar surface area (TPSA) is 129 Å². The third-order valence-electron chi connectivity index (χ3n) is 5.12. The van der Waals surface area contributed by atoms with E-state index in [1.165, 1.54) is 12.1 Å². The van der Waals surface area contributed by atoms with Crippen molar-refractivity contribution in [3.8, 4) is 0 Å². The Balaban J connectivity index is 1.96. The number of benzene rings is 3. The highest BCUT2D eigenvalue weighted by Crippen LogP contribution is 2.39. The van der Waals surface area contributed by atoms with Crippen molar-refractivity contribution in [1.82, 2.24) is 0 Å². The first-order valence-corrected chi connectivity index (χ1v) is 10.5. The van der Waals surface area contributed by atoms with Crippen LogP contribution in [0.15, 0.2) is 53.4 Å². The minimum atomic E-state index is -4.78. The molecule has 8 heteroatoms. The number of hydrogen-bond donors (Lipinski definition) is 2. The Morgan fingerprint density at radius 2 is 1.47 bits per heavy atom. The number of rotatable bonds is 3. The van der Waals surface area contributed by atoms with Gasteiger partial charge in [-0.1, -0.05) is 30.3 Å². The molecule has 0 amide bonds. The van der Waals surface area contributed by atoms with E-state index >= 15 is 0 Å². The third kappa shape index (κ3) is 3.06. The van der Waals surface area contributed by atoms with E-state index in [4.69, 9.17) is 5.73 Å². The van der Waals surface area contributed by atoms with Crippen molar-refractivity contribution in [2.75, 3.05) is 11.1 Å². The first kappa shape index (κ1) is 19.8. The van der Waals surface area contributed by atoms with Crippen molar-refractivity contribution in [2.45, 2.75) is 18.7 Å². The number of nitrogens with one attached hydrogen (secondary N) is 1. The Hall–Kier alpha value is -3.49. The highest BCUT2D eigenvalue weighted by molar-refractivity contribution is 7.86. The molecule has 0 bridgehead atoms. The summed E-state index contributed by atoms with van der Waals surface area (Å²) in [6.45, 7) is 3.34. The summed E-state index contributed by atoms with van der Waals surface area (Å²) >= 11 is 0. The Bertz CT molecular complexity index is 1360. The first-order valence-electron chi connectivity index (χ1n) is 9.04. The van der Waals surface area contributed by atoms with Crippen LogP contribution < -0.4 is 11.1 Å². The summed E-state index contributed by atoms with van der Waals surface area (Å²) in [5.41, 5.74) is 8.30. The number of carbonyl (C=O) groups is 2. The minimum absolute atomic E-state index is 0.0149. The van der Waals surface area contributed by atoms with E-state index in [9.17, 15) is 22.6 Å². The largest absolute Gasteiger partial charge is 0.744 e. The van der Waals surface area contributed by atoms with Crippen LogP contribution in [0.5, 0.6) is 0 Å². The quantitative estimate of drug-likeness (QED) is 0.383. The van der Waals surface area contributed by atoms with Crippen LogP contribution in [0.4, 0.5) is 17.1 Å². The van der Waals surface area contributed by atoms with Crippen molar-refractivity contribution in [3.63, 3.8) is 0 Å².